The molecule has 1 N–H and O–H groups in total. The molecule has 0 aliphatic heterocycles. The Bertz CT molecular complexity index is 1160. The highest BCUT2D eigenvalue weighted by atomic mass is 16.5. The second-order valence-corrected chi connectivity index (χ2v) is 7.40. The van der Waals surface area contributed by atoms with Crippen molar-refractivity contribution in [2.75, 3.05) is 36.3 Å². The van der Waals surface area contributed by atoms with Gasteiger partial charge < -0.3 is 19.9 Å². The van der Waals surface area contributed by atoms with Crippen LogP contribution in [0.1, 0.15) is 5.56 Å². The van der Waals surface area contributed by atoms with Crippen LogP contribution in [0.4, 0.5) is 34.9 Å². The van der Waals surface area contributed by atoms with Gasteiger partial charge in [0.2, 0.25) is 17.8 Å². The molecule has 4 aromatic rings. The molecule has 3 aromatic carbocycles. The Morgan fingerprint density at radius 1 is 0.688 bits per heavy atom. The maximum absolute atomic E-state index is 5.27. The van der Waals surface area contributed by atoms with Crippen molar-refractivity contribution >= 4 is 34.9 Å². The second kappa shape index (κ2) is 9.34. The summed E-state index contributed by atoms with van der Waals surface area (Å²) in [7, 11) is 5.53. The second-order valence-electron chi connectivity index (χ2n) is 7.40. The normalized spacial score (nSPS) is 10.5. The Hall–Kier alpha value is -4.13. The first-order chi connectivity index (χ1) is 15.5. The average molecular weight is 427 g/mol. The van der Waals surface area contributed by atoms with Crippen LogP contribution in [0.2, 0.25) is 0 Å². The SMILES string of the molecule is COc1ccc(N(C)c2nc(Nc3ccccc3)nc(N(C)c3ccc(C)cc3)n2)cc1. The summed E-state index contributed by atoms with van der Waals surface area (Å²) < 4.78 is 5.27. The zero-order chi connectivity index (χ0) is 22.5. The first kappa shape index (κ1) is 21.1. The summed E-state index contributed by atoms with van der Waals surface area (Å²) in [6.07, 6.45) is 0. The molecule has 0 radical (unpaired) electrons. The van der Waals surface area contributed by atoms with Crippen molar-refractivity contribution in [3.63, 3.8) is 0 Å². The fourth-order valence-electron chi connectivity index (χ4n) is 3.17. The Labute approximate surface area is 188 Å². The highest BCUT2D eigenvalue weighted by Gasteiger charge is 2.16. The third-order valence-electron chi connectivity index (χ3n) is 5.12. The van der Waals surface area contributed by atoms with E-state index >= 15 is 0 Å². The molecule has 7 nitrogen and oxygen atoms in total. The summed E-state index contributed by atoms with van der Waals surface area (Å²) in [6, 6.07) is 25.9. The van der Waals surface area contributed by atoms with Crippen LogP contribution in [0, 0.1) is 6.92 Å². The lowest BCUT2D eigenvalue weighted by molar-refractivity contribution is 0.415. The molecule has 7 heteroatoms. The molecule has 0 bridgehead atoms. The van der Waals surface area contributed by atoms with Crippen molar-refractivity contribution in [1.82, 2.24) is 15.0 Å². The van der Waals surface area contributed by atoms with E-state index in [0.717, 1.165) is 22.8 Å². The molecular formula is C25H26N6O. The summed E-state index contributed by atoms with van der Waals surface area (Å²) >= 11 is 0. The maximum atomic E-state index is 5.27. The average Bonchev–Trinajstić information content (AvgIpc) is 2.84. The molecule has 0 fully saturated rings. The van der Waals surface area contributed by atoms with E-state index in [9.17, 15) is 0 Å². The quantitative estimate of drug-likeness (QED) is 0.420. The number of anilines is 6. The molecule has 0 saturated heterocycles. The Kier molecular flexibility index (Phi) is 6.17. The molecule has 1 heterocycles. The van der Waals surface area contributed by atoms with E-state index in [1.807, 2.05) is 78.5 Å². The summed E-state index contributed by atoms with van der Waals surface area (Å²) in [6.45, 7) is 2.07. The van der Waals surface area contributed by atoms with Crippen LogP contribution in [0.3, 0.4) is 0 Å². The van der Waals surface area contributed by atoms with Gasteiger partial charge in [0.15, 0.2) is 0 Å². The van der Waals surface area contributed by atoms with Crippen molar-refractivity contribution < 1.29 is 4.74 Å². The number of nitrogens with zero attached hydrogens (tertiary/aromatic N) is 5. The minimum Gasteiger partial charge on any atom is -0.497 e. The lowest BCUT2D eigenvalue weighted by Crippen LogP contribution is -2.19. The summed E-state index contributed by atoms with van der Waals surface area (Å²) in [4.78, 5) is 18.0. The Balaban J connectivity index is 1.73. The third-order valence-corrected chi connectivity index (χ3v) is 5.12. The summed E-state index contributed by atoms with van der Waals surface area (Å²) in [5.41, 5.74) is 4.03. The molecule has 0 unspecified atom stereocenters. The lowest BCUT2D eigenvalue weighted by atomic mass is 10.2. The van der Waals surface area contributed by atoms with E-state index in [0.29, 0.717) is 17.8 Å². The van der Waals surface area contributed by atoms with Gasteiger partial charge in [-0.05, 0) is 55.5 Å². The predicted octanol–water partition coefficient (Wildman–Crippen LogP) is 5.47. The number of hydrogen-bond donors (Lipinski definition) is 1. The van der Waals surface area contributed by atoms with Gasteiger partial charge in [-0.15, -0.1) is 0 Å². The number of rotatable bonds is 7. The van der Waals surface area contributed by atoms with Gasteiger partial charge in [-0.2, -0.15) is 15.0 Å². The number of benzene rings is 3. The molecule has 0 aliphatic carbocycles. The topological polar surface area (TPSA) is 66.4 Å². The van der Waals surface area contributed by atoms with Crippen molar-refractivity contribution in [1.29, 1.82) is 0 Å². The molecular weight excluding hydrogens is 400 g/mol. The smallest absolute Gasteiger partial charge is 0.236 e. The molecule has 0 atom stereocenters. The van der Waals surface area contributed by atoms with Gasteiger partial charge in [-0.3, -0.25) is 0 Å². The van der Waals surface area contributed by atoms with E-state index in [1.54, 1.807) is 7.11 Å². The maximum Gasteiger partial charge on any atom is 0.236 e. The Morgan fingerprint density at radius 3 is 1.75 bits per heavy atom. The highest BCUT2D eigenvalue weighted by molar-refractivity contribution is 5.64. The van der Waals surface area contributed by atoms with Crippen LogP contribution in [0.5, 0.6) is 5.75 Å². The number of aromatic nitrogens is 3. The van der Waals surface area contributed by atoms with Crippen molar-refractivity contribution in [2.24, 2.45) is 0 Å². The van der Waals surface area contributed by atoms with E-state index in [-0.39, 0.29) is 0 Å². The van der Waals surface area contributed by atoms with Crippen LogP contribution in [0.15, 0.2) is 78.9 Å². The standard InChI is InChI=1S/C25H26N6O/c1-18-10-12-20(13-11-18)30(2)24-27-23(26-19-8-6-5-7-9-19)28-25(29-24)31(3)21-14-16-22(32-4)17-15-21/h5-17H,1-4H3,(H,26,27,28,29). The number of aryl methyl sites for hydroxylation is 1. The molecule has 1 aromatic heterocycles. The van der Waals surface area contributed by atoms with E-state index in [1.165, 1.54) is 5.56 Å². The number of hydrogen-bond acceptors (Lipinski definition) is 7. The van der Waals surface area contributed by atoms with Crippen LogP contribution >= 0.6 is 0 Å². The van der Waals surface area contributed by atoms with Crippen LogP contribution in [-0.4, -0.2) is 36.2 Å². The van der Waals surface area contributed by atoms with E-state index in [4.69, 9.17) is 9.72 Å². The monoisotopic (exact) mass is 426 g/mol. The lowest BCUT2D eigenvalue weighted by Gasteiger charge is -2.22. The number of nitrogens with one attached hydrogen (secondary N) is 1. The first-order valence-electron chi connectivity index (χ1n) is 10.3. The van der Waals surface area contributed by atoms with Gasteiger partial charge >= 0.3 is 0 Å². The molecule has 0 spiro atoms. The number of ether oxygens (including phenoxy) is 1. The fourth-order valence-corrected chi connectivity index (χ4v) is 3.17. The van der Waals surface area contributed by atoms with Crippen LogP contribution in [-0.2, 0) is 0 Å². The largest absolute Gasteiger partial charge is 0.497 e. The van der Waals surface area contributed by atoms with Crippen molar-refractivity contribution in [2.45, 2.75) is 6.92 Å². The van der Waals surface area contributed by atoms with E-state index in [2.05, 4.69) is 46.5 Å². The van der Waals surface area contributed by atoms with Gasteiger partial charge in [-0.25, -0.2) is 0 Å². The highest BCUT2D eigenvalue weighted by Crippen LogP contribution is 2.28. The number of para-hydroxylation sites is 1. The van der Waals surface area contributed by atoms with Crippen LogP contribution < -0.4 is 19.9 Å². The van der Waals surface area contributed by atoms with Gasteiger partial charge in [0.05, 0.1) is 7.11 Å². The molecule has 162 valence electrons. The fraction of sp³-hybridized carbons (Fsp3) is 0.160. The summed E-state index contributed by atoms with van der Waals surface area (Å²) in [5.74, 6) is 2.33. The van der Waals surface area contributed by atoms with Gasteiger partial charge in [-0.1, -0.05) is 35.9 Å². The third kappa shape index (κ3) is 4.78. The van der Waals surface area contributed by atoms with Gasteiger partial charge in [0.25, 0.3) is 0 Å². The summed E-state index contributed by atoms with van der Waals surface area (Å²) in [5, 5.41) is 3.29. The van der Waals surface area contributed by atoms with Crippen LogP contribution in [0.25, 0.3) is 0 Å². The van der Waals surface area contributed by atoms with Crippen molar-refractivity contribution in [3.05, 3.63) is 84.4 Å². The zero-order valence-corrected chi connectivity index (χ0v) is 18.6. The van der Waals surface area contributed by atoms with E-state index < -0.39 is 0 Å². The van der Waals surface area contributed by atoms with Gasteiger partial charge in [0.1, 0.15) is 5.75 Å². The number of methoxy groups -OCH3 is 1. The molecule has 4 rings (SSSR count). The minimum absolute atomic E-state index is 0.468. The molecule has 32 heavy (non-hydrogen) atoms. The minimum atomic E-state index is 0.468. The van der Waals surface area contributed by atoms with Crippen molar-refractivity contribution in [3.8, 4) is 5.75 Å². The molecule has 0 aliphatic rings. The zero-order valence-electron chi connectivity index (χ0n) is 18.6. The molecule has 0 saturated carbocycles. The van der Waals surface area contributed by atoms with Gasteiger partial charge in [0, 0.05) is 31.2 Å². The predicted molar refractivity (Wildman–Crippen MR) is 130 cm³/mol. The Morgan fingerprint density at radius 2 is 1.22 bits per heavy atom. The molecule has 0 amide bonds. The first-order valence-corrected chi connectivity index (χ1v) is 10.3.